The van der Waals surface area contributed by atoms with Gasteiger partial charge in [-0.05, 0) is 43.4 Å². The Bertz CT molecular complexity index is 853. The third kappa shape index (κ3) is 2.48. The van der Waals surface area contributed by atoms with E-state index in [1.165, 1.54) is 33.5 Å². The molecule has 0 saturated carbocycles. The Morgan fingerprint density at radius 3 is 2.65 bits per heavy atom. The van der Waals surface area contributed by atoms with Crippen LogP contribution in [0.25, 0.3) is 10.9 Å². The van der Waals surface area contributed by atoms with Gasteiger partial charge in [0.15, 0.2) is 0 Å². The van der Waals surface area contributed by atoms with Gasteiger partial charge in [-0.1, -0.05) is 48.5 Å². The molecular formula is C21H22N2. The van der Waals surface area contributed by atoms with Crippen molar-refractivity contribution in [2.24, 2.45) is 0 Å². The molecule has 1 aliphatic rings. The van der Waals surface area contributed by atoms with E-state index < -0.39 is 0 Å². The van der Waals surface area contributed by atoms with Crippen LogP contribution in [0.3, 0.4) is 0 Å². The second kappa shape index (κ2) is 5.69. The number of hydrogen-bond acceptors (Lipinski definition) is 2. The molecule has 0 bridgehead atoms. The molecule has 1 aromatic heterocycles. The van der Waals surface area contributed by atoms with Crippen molar-refractivity contribution in [3.63, 3.8) is 0 Å². The fourth-order valence-corrected chi connectivity index (χ4v) is 3.72. The first-order valence-electron chi connectivity index (χ1n) is 8.42. The first kappa shape index (κ1) is 14.3. The molecule has 0 fully saturated rings. The van der Waals surface area contributed by atoms with E-state index in [0.717, 1.165) is 31.4 Å². The smallest absolute Gasteiger partial charge is 0.0755 e. The van der Waals surface area contributed by atoms with E-state index >= 15 is 0 Å². The summed E-state index contributed by atoms with van der Waals surface area (Å²) in [6.07, 6.45) is 2.21. The van der Waals surface area contributed by atoms with Crippen molar-refractivity contribution in [3.05, 3.63) is 70.9 Å². The standard InChI is InChI=1S/C21H22N2/c1-15-7-6-10-19-20(15)22-16(2)18-12-14-23(21(18)19)13-11-17-8-4-3-5-9-17/h3-10H,11-14H2,1-2H3. The summed E-state index contributed by atoms with van der Waals surface area (Å²) in [5.74, 6) is 0. The number of nitrogens with zero attached hydrogens (tertiary/aromatic N) is 2. The SMILES string of the molecule is Cc1nc2c(C)cccc2c2c1CCN2CCc1ccccc1. The molecule has 0 N–H and O–H groups in total. The lowest BCUT2D eigenvalue weighted by molar-refractivity contribution is 0.814. The molecule has 116 valence electrons. The fraction of sp³-hybridized carbons (Fsp3) is 0.286. The molecule has 0 saturated heterocycles. The van der Waals surface area contributed by atoms with E-state index in [9.17, 15) is 0 Å². The molecule has 0 spiro atoms. The Morgan fingerprint density at radius 2 is 1.83 bits per heavy atom. The second-order valence-electron chi connectivity index (χ2n) is 6.47. The van der Waals surface area contributed by atoms with E-state index in [1.54, 1.807) is 0 Å². The molecule has 0 atom stereocenters. The van der Waals surface area contributed by atoms with Crippen molar-refractivity contribution in [1.29, 1.82) is 0 Å². The van der Waals surface area contributed by atoms with Gasteiger partial charge in [0, 0.05) is 24.2 Å². The summed E-state index contributed by atoms with van der Waals surface area (Å²) in [7, 11) is 0. The van der Waals surface area contributed by atoms with Crippen molar-refractivity contribution in [2.45, 2.75) is 26.7 Å². The topological polar surface area (TPSA) is 16.1 Å². The predicted molar refractivity (Wildman–Crippen MR) is 97.3 cm³/mol. The molecule has 2 heterocycles. The van der Waals surface area contributed by atoms with E-state index in [1.807, 2.05) is 0 Å². The number of aryl methyl sites for hydroxylation is 2. The molecule has 3 aromatic rings. The lowest BCUT2D eigenvalue weighted by Crippen LogP contribution is -2.23. The molecule has 23 heavy (non-hydrogen) atoms. The lowest BCUT2D eigenvalue weighted by Gasteiger charge is -2.22. The van der Waals surface area contributed by atoms with Gasteiger partial charge in [0.1, 0.15) is 0 Å². The lowest BCUT2D eigenvalue weighted by atomic mass is 10.0. The summed E-state index contributed by atoms with van der Waals surface area (Å²) in [6, 6.07) is 17.3. The molecule has 2 heteroatoms. The highest BCUT2D eigenvalue weighted by Gasteiger charge is 2.24. The number of aromatic nitrogens is 1. The molecule has 4 rings (SSSR count). The third-order valence-corrected chi connectivity index (χ3v) is 4.96. The van der Waals surface area contributed by atoms with Gasteiger partial charge in [-0.25, -0.2) is 0 Å². The van der Waals surface area contributed by atoms with Gasteiger partial charge in [-0.2, -0.15) is 0 Å². The van der Waals surface area contributed by atoms with Crippen LogP contribution in [-0.2, 0) is 12.8 Å². The van der Waals surface area contributed by atoms with Crippen molar-refractivity contribution >= 4 is 16.6 Å². The quantitative estimate of drug-likeness (QED) is 0.710. The van der Waals surface area contributed by atoms with Crippen LogP contribution in [0, 0.1) is 13.8 Å². The number of para-hydroxylation sites is 1. The van der Waals surface area contributed by atoms with Crippen LogP contribution in [0.4, 0.5) is 5.69 Å². The van der Waals surface area contributed by atoms with Crippen LogP contribution in [0.2, 0.25) is 0 Å². The van der Waals surface area contributed by atoms with Gasteiger partial charge in [0.2, 0.25) is 0 Å². The normalized spacial score (nSPS) is 13.6. The van der Waals surface area contributed by atoms with Crippen LogP contribution < -0.4 is 4.90 Å². The highest BCUT2D eigenvalue weighted by molar-refractivity contribution is 5.96. The fourth-order valence-electron chi connectivity index (χ4n) is 3.72. The maximum atomic E-state index is 4.87. The van der Waals surface area contributed by atoms with Crippen LogP contribution in [0.15, 0.2) is 48.5 Å². The zero-order chi connectivity index (χ0) is 15.8. The highest BCUT2D eigenvalue weighted by atomic mass is 15.1. The number of rotatable bonds is 3. The van der Waals surface area contributed by atoms with Gasteiger partial charge in [-0.15, -0.1) is 0 Å². The number of benzene rings is 2. The molecule has 0 amide bonds. The maximum Gasteiger partial charge on any atom is 0.0755 e. The van der Waals surface area contributed by atoms with Gasteiger partial charge in [-0.3, -0.25) is 4.98 Å². The predicted octanol–water partition coefficient (Wildman–Crippen LogP) is 4.46. The Kier molecular flexibility index (Phi) is 3.53. The highest BCUT2D eigenvalue weighted by Crippen LogP contribution is 2.37. The molecule has 2 nitrogen and oxygen atoms in total. The number of hydrogen-bond donors (Lipinski definition) is 0. The number of fused-ring (bicyclic) bond motifs is 3. The zero-order valence-electron chi connectivity index (χ0n) is 13.8. The zero-order valence-corrected chi connectivity index (χ0v) is 13.8. The summed E-state index contributed by atoms with van der Waals surface area (Å²) in [6.45, 7) is 6.50. The monoisotopic (exact) mass is 302 g/mol. The van der Waals surface area contributed by atoms with Gasteiger partial charge in [0.05, 0.1) is 11.2 Å². The van der Waals surface area contributed by atoms with Gasteiger partial charge in [0.25, 0.3) is 0 Å². The third-order valence-electron chi connectivity index (χ3n) is 4.96. The first-order chi connectivity index (χ1) is 11.2. The average Bonchev–Trinajstić information content (AvgIpc) is 3.00. The minimum absolute atomic E-state index is 1.07. The summed E-state index contributed by atoms with van der Waals surface area (Å²) < 4.78 is 0. The van der Waals surface area contributed by atoms with Crippen LogP contribution in [0.1, 0.15) is 22.4 Å². The molecule has 1 aliphatic heterocycles. The molecular weight excluding hydrogens is 280 g/mol. The Labute approximate surface area is 137 Å². The van der Waals surface area contributed by atoms with E-state index in [0.29, 0.717) is 0 Å². The molecule has 0 radical (unpaired) electrons. The molecule has 0 aliphatic carbocycles. The van der Waals surface area contributed by atoms with Crippen LogP contribution in [-0.4, -0.2) is 18.1 Å². The minimum atomic E-state index is 1.07. The Hall–Kier alpha value is -2.35. The molecule has 0 unspecified atom stereocenters. The average molecular weight is 302 g/mol. The van der Waals surface area contributed by atoms with Crippen molar-refractivity contribution in [2.75, 3.05) is 18.0 Å². The van der Waals surface area contributed by atoms with Crippen molar-refractivity contribution in [1.82, 2.24) is 4.98 Å². The number of pyridine rings is 1. The summed E-state index contributed by atoms with van der Waals surface area (Å²) in [4.78, 5) is 7.43. The Morgan fingerprint density at radius 1 is 1.00 bits per heavy atom. The second-order valence-corrected chi connectivity index (χ2v) is 6.47. The van der Waals surface area contributed by atoms with E-state index in [-0.39, 0.29) is 0 Å². The van der Waals surface area contributed by atoms with Crippen LogP contribution in [0.5, 0.6) is 0 Å². The molecule has 2 aromatic carbocycles. The van der Waals surface area contributed by atoms with E-state index in [2.05, 4.69) is 67.3 Å². The van der Waals surface area contributed by atoms with Crippen molar-refractivity contribution in [3.8, 4) is 0 Å². The maximum absolute atomic E-state index is 4.87. The largest absolute Gasteiger partial charge is 0.370 e. The van der Waals surface area contributed by atoms with Gasteiger partial charge >= 0.3 is 0 Å². The Balaban J connectivity index is 1.72. The minimum Gasteiger partial charge on any atom is -0.370 e. The number of anilines is 1. The van der Waals surface area contributed by atoms with Crippen LogP contribution >= 0.6 is 0 Å². The summed E-state index contributed by atoms with van der Waals surface area (Å²) in [5.41, 5.74) is 7.90. The summed E-state index contributed by atoms with van der Waals surface area (Å²) in [5, 5.41) is 1.32. The van der Waals surface area contributed by atoms with Crippen molar-refractivity contribution < 1.29 is 0 Å². The summed E-state index contributed by atoms with van der Waals surface area (Å²) >= 11 is 0. The first-order valence-corrected chi connectivity index (χ1v) is 8.42. The van der Waals surface area contributed by atoms with E-state index in [4.69, 9.17) is 4.98 Å². The van der Waals surface area contributed by atoms with Gasteiger partial charge < -0.3 is 4.90 Å².